The van der Waals surface area contributed by atoms with E-state index < -0.39 is 0 Å². The summed E-state index contributed by atoms with van der Waals surface area (Å²) in [5, 5.41) is 6.11. The minimum atomic E-state index is 0.303. The lowest BCUT2D eigenvalue weighted by Gasteiger charge is -2.04. The lowest BCUT2D eigenvalue weighted by molar-refractivity contribution is 0.381. The third kappa shape index (κ3) is 1.98. The highest BCUT2D eigenvalue weighted by molar-refractivity contribution is 7.99. The molecule has 0 spiro atoms. The molecule has 0 fully saturated rings. The number of para-hydroxylation sites is 1. The predicted molar refractivity (Wildman–Crippen MR) is 74.4 cm³/mol. The van der Waals surface area contributed by atoms with Gasteiger partial charge >= 0.3 is 6.01 Å². The number of hydrogen-bond donors (Lipinski definition) is 0. The first-order valence-corrected chi connectivity index (χ1v) is 6.58. The molecule has 6 heteroatoms. The van der Waals surface area contributed by atoms with Crippen LogP contribution in [0, 0.1) is 12.3 Å². The highest BCUT2D eigenvalue weighted by Crippen LogP contribution is 2.26. The smallest absolute Gasteiger partial charge is 0.337 e. The third-order valence-corrected chi connectivity index (χ3v) is 3.51. The Morgan fingerprint density at radius 1 is 1.37 bits per heavy atom. The van der Waals surface area contributed by atoms with Gasteiger partial charge in [0.1, 0.15) is 5.03 Å². The van der Waals surface area contributed by atoms with E-state index in [9.17, 15) is 0 Å². The Morgan fingerprint density at radius 3 is 3.00 bits per heavy atom. The van der Waals surface area contributed by atoms with E-state index in [1.807, 2.05) is 24.3 Å². The summed E-state index contributed by atoms with van der Waals surface area (Å²) in [5.41, 5.74) is 0.933. The Balaban J connectivity index is 2.31. The Labute approximate surface area is 114 Å². The molecule has 2 heterocycles. The molecule has 0 saturated carbocycles. The van der Waals surface area contributed by atoms with Gasteiger partial charge in [0.05, 0.1) is 18.4 Å². The van der Waals surface area contributed by atoms with Gasteiger partial charge in [-0.15, -0.1) is 11.5 Å². The van der Waals surface area contributed by atoms with Gasteiger partial charge in [-0.1, -0.05) is 35.9 Å². The molecule has 1 aromatic carbocycles. The fourth-order valence-corrected chi connectivity index (χ4v) is 2.51. The summed E-state index contributed by atoms with van der Waals surface area (Å²) in [6.45, 7) is 0. The molecule has 19 heavy (non-hydrogen) atoms. The highest BCUT2D eigenvalue weighted by atomic mass is 32.2. The molecule has 0 saturated heterocycles. The molecule has 0 aliphatic carbocycles. The number of rotatable bonds is 3. The van der Waals surface area contributed by atoms with Gasteiger partial charge in [-0.25, -0.2) is 4.98 Å². The zero-order valence-corrected chi connectivity index (χ0v) is 11.0. The number of nitrogens with zero attached hydrogens (tertiary/aromatic N) is 4. The molecule has 0 aliphatic rings. The Bertz CT molecular complexity index is 790. The van der Waals surface area contributed by atoms with Gasteiger partial charge in [0.25, 0.3) is 5.78 Å². The van der Waals surface area contributed by atoms with Crippen molar-refractivity contribution in [3.05, 3.63) is 24.3 Å². The van der Waals surface area contributed by atoms with E-state index in [4.69, 9.17) is 11.2 Å². The maximum atomic E-state index is 5.31. The topological polar surface area (TPSA) is 52.3 Å². The van der Waals surface area contributed by atoms with E-state index in [1.165, 1.54) is 18.9 Å². The Morgan fingerprint density at radius 2 is 2.21 bits per heavy atom. The molecule has 0 amide bonds. The van der Waals surface area contributed by atoms with Gasteiger partial charge in [0, 0.05) is 5.39 Å². The first kappa shape index (κ1) is 11.8. The normalized spacial score (nSPS) is 10.7. The average molecular weight is 270 g/mol. The average Bonchev–Trinajstić information content (AvgIpc) is 2.88. The Hall–Kier alpha value is -2.26. The predicted octanol–water partition coefficient (Wildman–Crippen LogP) is 2.01. The molecule has 94 valence electrons. The van der Waals surface area contributed by atoms with Crippen LogP contribution in [0.3, 0.4) is 0 Å². The van der Waals surface area contributed by atoms with E-state index >= 15 is 0 Å². The lowest BCUT2D eigenvalue weighted by atomic mass is 10.2. The van der Waals surface area contributed by atoms with Crippen LogP contribution in [0.2, 0.25) is 0 Å². The second kappa shape index (κ2) is 4.78. The molecule has 0 N–H and O–H groups in total. The Kier molecular flexibility index (Phi) is 2.97. The summed E-state index contributed by atoms with van der Waals surface area (Å²) in [6, 6.07) is 8.18. The third-order valence-electron chi connectivity index (χ3n) is 2.61. The molecule has 0 atom stereocenters. The number of benzene rings is 1. The molecule has 5 nitrogen and oxygen atoms in total. The van der Waals surface area contributed by atoms with Crippen molar-refractivity contribution in [2.24, 2.45) is 0 Å². The first-order chi connectivity index (χ1) is 9.33. The molecule has 3 rings (SSSR count). The molecule has 0 aliphatic heterocycles. The van der Waals surface area contributed by atoms with Crippen molar-refractivity contribution >= 4 is 28.4 Å². The largest absolute Gasteiger partial charge is 0.466 e. The minimum Gasteiger partial charge on any atom is -0.466 e. The van der Waals surface area contributed by atoms with Gasteiger partial charge in [0.2, 0.25) is 0 Å². The van der Waals surface area contributed by atoms with Crippen molar-refractivity contribution in [3.8, 4) is 18.4 Å². The summed E-state index contributed by atoms with van der Waals surface area (Å²) < 4.78 is 6.72. The van der Waals surface area contributed by atoms with Gasteiger partial charge < -0.3 is 4.74 Å². The summed E-state index contributed by atoms with van der Waals surface area (Å²) >= 11 is 1.51. The van der Waals surface area contributed by atoms with Crippen LogP contribution in [0.15, 0.2) is 29.3 Å². The number of hydrogen-bond acceptors (Lipinski definition) is 5. The fourth-order valence-electron chi connectivity index (χ4n) is 1.82. The molecular formula is C13H10N4OS. The van der Waals surface area contributed by atoms with Crippen LogP contribution in [-0.4, -0.2) is 32.4 Å². The molecule has 0 radical (unpaired) electrons. The van der Waals surface area contributed by atoms with Crippen LogP contribution in [0.5, 0.6) is 6.01 Å². The van der Waals surface area contributed by atoms with Crippen molar-refractivity contribution in [1.82, 2.24) is 19.6 Å². The quantitative estimate of drug-likeness (QED) is 0.414. The van der Waals surface area contributed by atoms with Gasteiger partial charge in [-0.2, -0.15) is 9.50 Å². The second-order valence-corrected chi connectivity index (χ2v) is 4.70. The van der Waals surface area contributed by atoms with E-state index in [-0.39, 0.29) is 0 Å². The number of methoxy groups -OCH3 is 1. The van der Waals surface area contributed by atoms with Crippen LogP contribution >= 0.6 is 11.8 Å². The number of terminal acetylenes is 1. The van der Waals surface area contributed by atoms with Gasteiger partial charge in [-0.05, 0) is 6.07 Å². The lowest BCUT2D eigenvalue weighted by Crippen LogP contribution is -1.96. The van der Waals surface area contributed by atoms with E-state index in [0.717, 1.165) is 15.9 Å². The monoisotopic (exact) mass is 270 g/mol. The number of thioether (sulfide) groups is 1. The molecule has 0 bridgehead atoms. The maximum Gasteiger partial charge on any atom is 0.337 e. The number of aromatic nitrogens is 4. The van der Waals surface area contributed by atoms with Crippen LogP contribution < -0.4 is 4.74 Å². The van der Waals surface area contributed by atoms with Gasteiger partial charge in [0.15, 0.2) is 0 Å². The first-order valence-electron chi connectivity index (χ1n) is 5.59. The standard InChI is InChI=1S/C13H10N4OS/c1-3-8-19-11-9-6-4-5-7-10(9)17-12(14-11)15-13(16-17)18-2/h1,4-7H,8H2,2H3. The maximum absolute atomic E-state index is 5.31. The zero-order valence-electron chi connectivity index (χ0n) is 10.2. The van der Waals surface area contributed by atoms with Crippen LogP contribution in [0.4, 0.5) is 0 Å². The van der Waals surface area contributed by atoms with Crippen molar-refractivity contribution < 1.29 is 4.74 Å². The molecular weight excluding hydrogens is 260 g/mol. The SMILES string of the molecule is C#CCSc1nc2nc(OC)nn2c2ccccc12. The van der Waals surface area contributed by atoms with E-state index in [0.29, 0.717) is 17.5 Å². The van der Waals surface area contributed by atoms with Crippen LogP contribution in [-0.2, 0) is 0 Å². The number of fused-ring (bicyclic) bond motifs is 3. The fraction of sp³-hybridized carbons (Fsp3) is 0.154. The highest BCUT2D eigenvalue weighted by Gasteiger charge is 2.12. The second-order valence-electron chi connectivity index (χ2n) is 3.74. The molecule has 0 unspecified atom stereocenters. The number of ether oxygens (including phenoxy) is 1. The summed E-state index contributed by atoms with van der Waals surface area (Å²) in [7, 11) is 1.53. The van der Waals surface area contributed by atoms with Crippen LogP contribution in [0.25, 0.3) is 16.7 Å². The van der Waals surface area contributed by atoms with E-state index in [1.54, 1.807) is 4.52 Å². The van der Waals surface area contributed by atoms with Gasteiger partial charge in [-0.3, -0.25) is 0 Å². The minimum absolute atomic E-state index is 0.303. The van der Waals surface area contributed by atoms with Crippen molar-refractivity contribution in [2.45, 2.75) is 5.03 Å². The van der Waals surface area contributed by atoms with E-state index in [2.05, 4.69) is 21.0 Å². The summed E-state index contributed by atoms with van der Waals surface area (Å²) in [4.78, 5) is 8.69. The zero-order chi connectivity index (χ0) is 13.2. The van der Waals surface area contributed by atoms with Crippen molar-refractivity contribution in [2.75, 3.05) is 12.9 Å². The van der Waals surface area contributed by atoms with Crippen molar-refractivity contribution in [3.63, 3.8) is 0 Å². The summed E-state index contributed by atoms with van der Waals surface area (Å²) in [6.07, 6.45) is 5.31. The van der Waals surface area contributed by atoms with Crippen LogP contribution in [0.1, 0.15) is 0 Å². The van der Waals surface area contributed by atoms with Crippen molar-refractivity contribution in [1.29, 1.82) is 0 Å². The summed E-state index contributed by atoms with van der Waals surface area (Å²) in [5.74, 6) is 3.68. The molecule has 3 aromatic rings. The molecule has 2 aromatic heterocycles.